The number of amides is 1. The van der Waals surface area contributed by atoms with Crippen LogP contribution in [0.1, 0.15) is 46.0 Å². The number of carbonyl (C=O) groups is 1. The Bertz CT molecular complexity index is 246. The van der Waals surface area contributed by atoms with E-state index in [1.54, 1.807) is 0 Å². The van der Waals surface area contributed by atoms with Gasteiger partial charge in [0.25, 0.3) is 0 Å². The van der Waals surface area contributed by atoms with Crippen LogP contribution in [0.3, 0.4) is 0 Å². The Labute approximate surface area is 111 Å². The first-order valence-corrected chi connectivity index (χ1v) is 7.26. The molecular weight excluding hydrogens is 228 g/mol. The van der Waals surface area contributed by atoms with Crippen molar-refractivity contribution >= 4 is 5.91 Å². The lowest BCUT2D eigenvalue weighted by Crippen LogP contribution is -2.45. The number of carbonyl (C=O) groups excluding carboxylic acids is 1. The Hall–Kier alpha value is -0.610. The van der Waals surface area contributed by atoms with Crippen LogP contribution in [0, 0.1) is 11.8 Å². The summed E-state index contributed by atoms with van der Waals surface area (Å²) in [6, 6.07) is 0.0298. The van der Waals surface area contributed by atoms with Gasteiger partial charge in [-0.2, -0.15) is 0 Å². The summed E-state index contributed by atoms with van der Waals surface area (Å²) in [6.07, 6.45) is 5.25. The number of nitrogens with two attached hydrogens (primary N) is 1. The molecule has 1 fully saturated rings. The van der Waals surface area contributed by atoms with Gasteiger partial charge in [-0.05, 0) is 31.6 Å². The Morgan fingerprint density at radius 2 is 2.17 bits per heavy atom. The van der Waals surface area contributed by atoms with Gasteiger partial charge in [0.05, 0.1) is 12.5 Å². The maximum atomic E-state index is 12.0. The zero-order chi connectivity index (χ0) is 13.4. The quantitative estimate of drug-likeness (QED) is 0.681. The highest BCUT2D eigenvalue weighted by Crippen LogP contribution is 2.27. The SMILES string of the molecule is CCCCOCCNC(=O)C1CC(C)CCC1N. The molecule has 0 bridgehead atoms. The molecule has 0 aliphatic heterocycles. The van der Waals surface area contributed by atoms with Gasteiger partial charge in [0, 0.05) is 19.2 Å². The van der Waals surface area contributed by atoms with Crippen LogP contribution in [0.5, 0.6) is 0 Å². The Morgan fingerprint density at radius 1 is 1.39 bits per heavy atom. The number of ether oxygens (including phenoxy) is 1. The summed E-state index contributed by atoms with van der Waals surface area (Å²) in [4.78, 5) is 12.0. The second-order valence-corrected chi connectivity index (χ2v) is 5.45. The summed E-state index contributed by atoms with van der Waals surface area (Å²) in [5.74, 6) is 0.707. The molecule has 1 saturated carbocycles. The highest BCUT2D eigenvalue weighted by Gasteiger charge is 2.31. The molecule has 0 aromatic rings. The molecule has 0 aromatic heterocycles. The zero-order valence-electron chi connectivity index (χ0n) is 11.8. The van der Waals surface area contributed by atoms with E-state index < -0.39 is 0 Å². The molecule has 0 radical (unpaired) electrons. The summed E-state index contributed by atoms with van der Waals surface area (Å²) >= 11 is 0. The summed E-state index contributed by atoms with van der Waals surface area (Å²) < 4.78 is 5.41. The van der Waals surface area contributed by atoms with Crippen LogP contribution in [0.4, 0.5) is 0 Å². The molecule has 106 valence electrons. The van der Waals surface area contributed by atoms with Crippen LogP contribution in [0.15, 0.2) is 0 Å². The van der Waals surface area contributed by atoms with Gasteiger partial charge in [0.1, 0.15) is 0 Å². The van der Waals surface area contributed by atoms with Gasteiger partial charge in [-0.15, -0.1) is 0 Å². The van der Waals surface area contributed by atoms with E-state index in [4.69, 9.17) is 10.5 Å². The number of hydrogen-bond donors (Lipinski definition) is 2. The Kier molecular flexibility index (Phi) is 7.28. The topological polar surface area (TPSA) is 64.3 Å². The predicted molar refractivity (Wildman–Crippen MR) is 73.2 cm³/mol. The summed E-state index contributed by atoms with van der Waals surface area (Å²) in [5.41, 5.74) is 6.02. The second kappa shape index (κ2) is 8.48. The van der Waals surface area contributed by atoms with Gasteiger partial charge >= 0.3 is 0 Å². The molecule has 4 nitrogen and oxygen atoms in total. The first-order valence-electron chi connectivity index (χ1n) is 7.26. The highest BCUT2D eigenvalue weighted by molar-refractivity contribution is 5.79. The van der Waals surface area contributed by atoms with Crippen molar-refractivity contribution in [1.82, 2.24) is 5.32 Å². The van der Waals surface area contributed by atoms with Crippen LogP contribution in [-0.2, 0) is 9.53 Å². The minimum Gasteiger partial charge on any atom is -0.380 e. The first kappa shape index (κ1) is 15.4. The van der Waals surface area contributed by atoms with Gasteiger partial charge in [-0.25, -0.2) is 0 Å². The molecular formula is C14H28N2O2. The van der Waals surface area contributed by atoms with Crippen LogP contribution >= 0.6 is 0 Å². The van der Waals surface area contributed by atoms with Crippen molar-refractivity contribution in [2.75, 3.05) is 19.8 Å². The lowest BCUT2D eigenvalue weighted by molar-refractivity contribution is -0.127. The number of nitrogens with one attached hydrogen (secondary N) is 1. The van der Waals surface area contributed by atoms with Crippen molar-refractivity contribution < 1.29 is 9.53 Å². The summed E-state index contributed by atoms with van der Waals surface area (Å²) in [5, 5.41) is 2.94. The van der Waals surface area contributed by atoms with Crippen LogP contribution in [0.25, 0.3) is 0 Å². The van der Waals surface area contributed by atoms with Crippen LogP contribution in [-0.4, -0.2) is 31.7 Å². The molecule has 0 heterocycles. The second-order valence-electron chi connectivity index (χ2n) is 5.45. The smallest absolute Gasteiger partial charge is 0.224 e. The molecule has 1 aliphatic carbocycles. The van der Waals surface area contributed by atoms with Crippen molar-refractivity contribution in [3.63, 3.8) is 0 Å². The zero-order valence-corrected chi connectivity index (χ0v) is 11.8. The molecule has 18 heavy (non-hydrogen) atoms. The Morgan fingerprint density at radius 3 is 2.89 bits per heavy atom. The van der Waals surface area contributed by atoms with Crippen LogP contribution < -0.4 is 11.1 Å². The van der Waals surface area contributed by atoms with Gasteiger partial charge in [0.2, 0.25) is 5.91 Å². The fraction of sp³-hybridized carbons (Fsp3) is 0.929. The lowest BCUT2D eigenvalue weighted by Gasteiger charge is -2.31. The third kappa shape index (κ3) is 5.36. The molecule has 3 atom stereocenters. The molecule has 4 heteroatoms. The van der Waals surface area contributed by atoms with E-state index in [1.807, 2.05) is 0 Å². The predicted octanol–water partition coefficient (Wildman–Crippen LogP) is 1.68. The maximum Gasteiger partial charge on any atom is 0.224 e. The molecule has 1 rings (SSSR count). The fourth-order valence-electron chi connectivity index (χ4n) is 2.43. The lowest BCUT2D eigenvalue weighted by atomic mass is 9.79. The average molecular weight is 256 g/mol. The van der Waals surface area contributed by atoms with Gasteiger partial charge in [-0.3, -0.25) is 4.79 Å². The van der Waals surface area contributed by atoms with E-state index >= 15 is 0 Å². The minimum absolute atomic E-state index is 0.00982. The maximum absolute atomic E-state index is 12.0. The number of rotatable bonds is 7. The molecule has 3 unspecified atom stereocenters. The minimum atomic E-state index is -0.00982. The third-order valence-electron chi connectivity index (χ3n) is 3.69. The molecule has 0 spiro atoms. The highest BCUT2D eigenvalue weighted by atomic mass is 16.5. The van der Waals surface area contributed by atoms with E-state index in [-0.39, 0.29) is 17.9 Å². The fourth-order valence-corrected chi connectivity index (χ4v) is 2.43. The van der Waals surface area contributed by atoms with E-state index in [0.29, 0.717) is 19.1 Å². The van der Waals surface area contributed by atoms with Crippen LogP contribution in [0.2, 0.25) is 0 Å². The monoisotopic (exact) mass is 256 g/mol. The normalized spacial score (nSPS) is 28.1. The van der Waals surface area contributed by atoms with E-state index in [2.05, 4.69) is 19.2 Å². The molecule has 1 amide bonds. The third-order valence-corrected chi connectivity index (χ3v) is 3.69. The average Bonchev–Trinajstić information content (AvgIpc) is 2.36. The molecule has 3 N–H and O–H groups in total. The van der Waals surface area contributed by atoms with Gasteiger partial charge < -0.3 is 15.8 Å². The number of unbranched alkanes of at least 4 members (excludes halogenated alkanes) is 1. The first-order chi connectivity index (χ1) is 8.65. The molecule has 1 aliphatic rings. The van der Waals surface area contributed by atoms with Crippen molar-refractivity contribution in [2.45, 2.75) is 52.0 Å². The van der Waals surface area contributed by atoms with Crippen molar-refractivity contribution in [3.8, 4) is 0 Å². The Balaban J connectivity index is 2.15. The summed E-state index contributed by atoms with van der Waals surface area (Å²) in [6.45, 7) is 6.31. The van der Waals surface area contributed by atoms with E-state index in [1.165, 1.54) is 0 Å². The van der Waals surface area contributed by atoms with E-state index in [0.717, 1.165) is 38.7 Å². The largest absolute Gasteiger partial charge is 0.380 e. The van der Waals surface area contributed by atoms with Crippen molar-refractivity contribution in [3.05, 3.63) is 0 Å². The molecule has 0 aromatic carbocycles. The van der Waals surface area contributed by atoms with Gasteiger partial charge in [-0.1, -0.05) is 20.3 Å². The van der Waals surface area contributed by atoms with Crippen molar-refractivity contribution in [1.29, 1.82) is 0 Å². The molecule has 0 saturated heterocycles. The number of hydrogen-bond acceptors (Lipinski definition) is 3. The standard InChI is InChI=1S/C14H28N2O2/c1-3-4-8-18-9-7-16-14(17)12-10-11(2)5-6-13(12)15/h11-13H,3-10,15H2,1-2H3,(H,16,17). The van der Waals surface area contributed by atoms with Gasteiger partial charge in [0.15, 0.2) is 0 Å². The van der Waals surface area contributed by atoms with E-state index in [9.17, 15) is 4.79 Å². The summed E-state index contributed by atoms with van der Waals surface area (Å²) in [7, 11) is 0. The van der Waals surface area contributed by atoms with Crippen molar-refractivity contribution in [2.24, 2.45) is 17.6 Å².